The lowest BCUT2D eigenvalue weighted by molar-refractivity contribution is -0.161. The highest BCUT2D eigenvalue weighted by atomic mass is 16.6. The molecule has 6 nitrogen and oxygen atoms in total. The fourth-order valence-corrected chi connectivity index (χ4v) is 3.39. The van der Waals surface area contributed by atoms with Gasteiger partial charge in [0.1, 0.15) is 11.2 Å². The second kappa shape index (κ2) is 6.15. The molecule has 0 saturated heterocycles. The number of ether oxygens (including phenoxy) is 2. The highest BCUT2D eigenvalue weighted by Gasteiger charge is 2.71. The Labute approximate surface area is 149 Å². The lowest BCUT2D eigenvalue weighted by Crippen LogP contribution is -2.33. The SMILES string of the molecule is CN(C)/C=C1\C(=O)C2C(C(=O)OC(C)(C)C)C2C1C(=O)OC(C)(C)C. The predicted octanol–water partition coefficient (Wildman–Crippen LogP) is 2.18. The zero-order valence-electron chi connectivity index (χ0n) is 16.4. The van der Waals surface area contributed by atoms with E-state index < -0.39 is 40.9 Å². The number of Topliss-reactive ketones (excluding diaryl/α,β-unsaturated/α-hetero) is 1. The molecule has 0 aromatic rings. The molecule has 0 heterocycles. The number of rotatable bonds is 3. The third-order valence-corrected chi connectivity index (χ3v) is 4.12. The van der Waals surface area contributed by atoms with Gasteiger partial charge in [-0.3, -0.25) is 14.4 Å². The lowest BCUT2D eigenvalue weighted by atomic mass is 9.93. The van der Waals surface area contributed by atoms with Crippen LogP contribution in [0.25, 0.3) is 0 Å². The van der Waals surface area contributed by atoms with E-state index in [0.29, 0.717) is 5.57 Å². The van der Waals surface area contributed by atoms with E-state index in [2.05, 4.69) is 0 Å². The Morgan fingerprint density at radius 3 is 1.88 bits per heavy atom. The fourth-order valence-electron chi connectivity index (χ4n) is 3.39. The van der Waals surface area contributed by atoms with Gasteiger partial charge >= 0.3 is 11.9 Å². The number of hydrogen-bond donors (Lipinski definition) is 0. The third-order valence-electron chi connectivity index (χ3n) is 4.12. The van der Waals surface area contributed by atoms with Gasteiger partial charge < -0.3 is 14.4 Å². The summed E-state index contributed by atoms with van der Waals surface area (Å²) in [4.78, 5) is 39.6. The number of hydrogen-bond acceptors (Lipinski definition) is 6. The van der Waals surface area contributed by atoms with Crippen LogP contribution in [0, 0.1) is 23.7 Å². The summed E-state index contributed by atoms with van der Waals surface area (Å²) in [5.41, 5.74) is -0.854. The molecule has 2 rings (SSSR count). The Bertz CT molecular complexity index is 621. The van der Waals surface area contributed by atoms with Crippen molar-refractivity contribution in [2.45, 2.75) is 52.7 Å². The van der Waals surface area contributed by atoms with Gasteiger partial charge in [0.25, 0.3) is 0 Å². The molecule has 2 saturated carbocycles. The molecule has 0 aromatic carbocycles. The van der Waals surface area contributed by atoms with E-state index in [1.54, 1.807) is 66.7 Å². The van der Waals surface area contributed by atoms with Crippen molar-refractivity contribution in [1.82, 2.24) is 4.90 Å². The summed E-state index contributed by atoms with van der Waals surface area (Å²) >= 11 is 0. The van der Waals surface area contributed by atoms with Crippen molar-refractivity contribution in [2.24, 2.45) is 23.7 Å². The molecular weight excluding hydrogens is 322 g/mol. The van der Waals surface area contributed by atoms with Crippen LogP contribution >= 0.6 is 0 Å². The maximum atomic E-state index is 12.7. The van der Waals surface area contributed by atoms with Gasteiger partial charge in [-0.25, -0.2) is 0 Å². The Hall–Kier alpha value is -1.85. The molecule has 4 atom stereocenters. The van der Waals surface area contributed by atoms with Gasteiger partial charge in [0.15, 0.2) is 5.78 Å². The van der Waals surface area contributed by atoms with Crippen LogP contribution in [-0.2, 0) is 23.9 Å². The van der Waals surface area contributed by atoms with Crippen LogP contribution in [0.15, 0.2) is 11.8 Å². The third kappa shape index (κ3) is 4.22. The van der Waals surface area contributed by atoms with Gasteiger partial charge in [-0.15, -0.1) is 0 Å². The van der Waals surface area contributed by atoms with Gasteiger partial charge in [0.2, 0.25) is 0 Å². The Kier molecular flexibility index (Phi) is 4.79. The first-order valence-corrected chi connectivity index (χ1v) is 8.61. The standard InChI is InChI=1S/C19H29NO5/c1-18(2,3)24-16(22)11-10(9-20(7)8)15(21)13-12(11)14(13)17(23)25-19(4,5)6/h9,11-14H,1-8H3/b10-9-. The van der Waals surface area contributed by atoms with Crippen LogP contribution < -0.4 is 0 Å². The van der Waals surface area contributed by atoms with E-state index in [0.717, 1.165) is 0 Å². The first-order chi connectivity index (χ1) is 11.2. The summed E-state index contributed by atoms with van der Waals surface area (Å²) in [5, 5.41) is 0. The maximum Gasteiger partial charge on any atom is 0.314 e. The Morgan fingerprint density at radius 1 is 0.960 bits per heavy atom. The Morgan fingerprint density at radius 2 is 1.44 bits per heavy atom. The van der Waals surface area contributed by atoms with Gasteiger partial charge in [-0.2, -0.15) is 0 Å². The number of carbonyl (C=O) groups is 3. The molecule has 0 amide bonds. The fraction of sp³-hybridized carbons (Fsp3) is 0.737. The van der Waals surface area contributed by atoms with Crippen LogP contribution in [0.5, 0.6) is 0 Å². The van der Waals surface area contributed by atoms with Gasteiger partial charge in [0, 0.05) is 37.7 Å². The van der Waals surface area contributed by atoms with E-state index in [1.807, 2.05) is 0 Å². The molecule has 0 aromatic heterocycles. The second-order valence-electron chi connectivity index (χ2n) is 9.09. The highest BCUT2D eigenvalue weighted by molar-refractivity contribution is 6.11. The van der Waals surface area contributed by atoms with Crippen LogP contribution in [0.3, 0.4) is 0 Å². The minimum atomic E-state index is -0.711. The first kappa shape index (κ1) is 19.5. The van der Waals surface area contributed by atoms with Crippen molar-refractivity contribution in [3.8, 4) is 0 Å². The second-order valence-corrected chi connectivity index (χ2v) is 9.09. The highest BCUT2D eigenvalue weighted by Crippen LogP contribution is 2.61. The molecule has 0 bridgehead atoms. The molecular formula is C19H29NO5. The number of ketones is 1. The summed E-state index contributed by atoms with van der Waals surface area (Å²) < 4.78 is 10.9. The average molecular weight is 351 g/mol. The maximum absolute atomic E-state index is 12.7. The zero-order valence-corrected chi connectivity index (χ0v) is 16.4. The quantitative estimate of drug-likeness (QED) is 0.573. The number of esters is 2. The lowest BCUT2D eigenvalue weighted by Gasteiger charge is -2.25. The molecule has 25 heavy (non-hydrogen) atoms. The van der Waals surface area contributed by atoms with E-state index >= 15 is 0 Å². The van der Waals surface area contributed by atoms with Crippen molar-refractivity contribution >= 4 is 17.7 Å². The van der Waals surface area contributed by atoms with Gasteiger partial charge in [0.05, 0.1) is 11.8 Å². The van der Waals surface area contributed by atoms with Crippen LogP contribution in [0.2, 0.25) is 0 Å². The van der Waals surface area contributed by atoms with E-state index in [1.165, 1.54) is 0 Å². The van der Waals surface area contributed by atoms with E-state index in [4.69, 9.17) is 9.47 Å². The normalized spacial score (nSPS) is 30.1. The van der Waals surface area contributed by atoms with Crippen molar-refractivity contribution in [3.63, 3.8) is 0 Å². The Balaban J connectivity index is 2.28. The van der Waals surface area contributed by atoms with Gasteiger partial charge in [-0.1, -0.05) is 0 Å². The number of carbonyl (C=O) groups excluding carboxylic acids is 3. The summed E-state index contributed by atoms with van der Waals surface area (Å²) in [6.45, 7) is 10.7. The van der Waals surface area contributed by atoms with Crippen LogP contribution in [-0.4, -0.2) is 47.9 Å². The summed E-state index contributed by atoms with van der Waals surface area (Å²) in [5.74, 6) is -3.10. The van der Waals surface area contributed by atoms with Crippen molar-refractivity contribution in [3.05, 3.63) is 11.8 Å². The van der Waals surface area contributed by atoms with Crippen LogP contribution in [0.1, 0.15) is 41.5 Å². The molecule has 4 unspecified atom stereocenters. The molecule has 2 aliphatic carbocycles. The number of fused-ring (bicyclic) bond motifs is 1. The van der Waals surface area contributed by atoms with Crippen molar-refractivity contribution in [2.75, 3.05) is 14.1 Å². The molecule has 0 N–H and O–H groups in total. The molecule has 0 radical (unpaired) electrons. The van der Waals surface area contributed by atoms with Crippen LogP contribution in [0.4, 0.5) is 0 Å². The molecule has 2 fully saturated rings. The monoisotopic (exact) mass is 351 g/mol. The summed E-state index contributed by atoms with van der Waals surface area (Å²) in [7, 11) is 3.59. The van der Waals surface area contributed by atoms with E-state index in [9.17, 15) is 14.4 Å². The number of nitrogens with zero attached hydrogens (tertiary/aromatic N) is 1. The molecule has 0 aliphatic heterocycles. The molecule has 0 spiro atoms. The zero-order chi connectivity index (χ0) is 19.3. The predicted molar refractivity (Wildman–Crippen MR) is 92.4 cm³/mol. The minimum absolute atomic E-state index is 0.148. The summed E-state index contributed by atoms with van der Waals surface area (Å²) in [6, 6.07) is 0. The van der Waals surface area contributed by atoms with Gasteiger partial charge in [-0.05, 0) is 41.5 Å². The molecule has 6 heteroatoms. The largest absolute Gasteiger partial charge is 0.460 e. The van der Waals surface area contributed by atoms with Crippen molar-refractivity contribution in [1.29, 1.82) is 0 Å². The minimum Gasteiger partial charge on any atom is -0.460 e. The smallest absolute Gasteiger partial charge is 0.314 e. The topological polar surface area (TPSA) is 72.9 Å². The van der Waals surface area contributed by atoms with Crippen molar-refractivity contribution < 1.29 is 23.9 Å². The average Bonchev–Trinajstić information content (AvgIpc) is 3.00. The first-order valence-electron chi connectivity index (χ1n) is 8.61. The molecule has 140 valence electrons. The summed E-state index contributed by atoms with van der Waals surface area (Å²) in [6.07, 6.45) is 1.66. The van der Waals surface area contributed by atoms with E-state index in [-0.39, 0.29) is 11.7 Å². The molecule has 2 aliphatic rings.